The smallest absolute Gasteiger partial charge is 0.308 e. The summed E-state index contributed by atoms with van der Waals surface area (Å²) in [5, 5.41) is 29.8. The molecule has 27 heavy (non-hydrogen) atoms. The van der Waals surface area contributed by atoms with Crippen molar-refractivity contribution >= 4 is 29.2 Å². The number of aliphatic carboxylic acids is 1. The molecule has 3 atom stereocenters. The van der Waals surface area contributed by atoms with Crippen molar-refractivity contribution in [3.05, 3.63) is 23.8 Å². The van der Waals surface area contributed by atoms with Crippen LogP contribution in [0.25, 0.3) is 0 Å². The van der Waals surface area contributed by atoms with E-state index < -0.39 is 35.8 Å². The summed E-state index contributed by atoms with van der Waals surface area (Å²) < 4.78 is 0. The molecule has 1 saturated carbocycles. The minimum Gasteiger partial charge on any atom is -0.481 e. The number of hydrogen-bond donors (Lipinski definition) is 6. The molecule has 1 fully saturated rings. The second-order valence-corrected chi connectivity index (χ2v) is 6.71. The number of carboxylic acids is 1. The SMILES string of the molecule is N=C1C=CC(C(=O)NC(CCCN)C(=O)NC2CCCC2C(=O)O)=CC1=N. The molecule has 0 heterocycles. The van der Waals surface area contributed by atoms with Crippen LogP contribution in [0.1, 0.15) is 32.1 Å². The Bertz CT molecular complexity index is 713. The molecule has 0 saturated heterocycles. The van der Waals surface area contributed by atoms with Crippen molar-refractivity contribution in [2.45, 2.75) is 44.2 Å². The molecule has 2 aliphatic carbocycles. The van der Waals surface area contributed by atoms with Crippen molar-refractivity contribution in [1.29, 1.82) is 10.8 Å². The van der Waals surface area contributed by atoms with Gasteiger partial charge in [-0.2, -0.15) is 0 Å². The Balaban J connectivity index is 2.04. The van der Waals surface area contributed by atoms with Crippen LogP contribution in [0.2, 0.25) is 0 Å². The second kappa shape index (κ2) is 9.22. The van der Waals surface area contributed by atoms with E-state index in [1.807, 2.05) is 0 Å². The highest BCUT2D eigenvalue weighted by molar-refractivity contribution is 6.49. The van der Waals surface area contributed by atoms with Gasteiger partial charge in [-0.1, -0.05) is 6.42 Å². The van der Waals surface area contributed by atoms with Crippen LogP contribution in [-0.2, 0) is 14.4 Å². The first-order chi connectivity index (χ1) is 12.8. The lowest BCUT2D eigenvalue weighted by atomic mass is 10.0. The van der Waals surface area contributed by atoms with Crippen LogP contribution in [0.5, 0.6) is 0 Å². The molecular weight excluding hydrogens is 350 g/mol. The summed E-state index contributed by atoms with van der Waals surface area (Å²) in [5.74, 6) is -2.51. The van der Waals surface area contributed by atoms with Gasteiger partial charge in [0.1, 0.15) is 6.04 Å². The number of carbonyl (C=O) groups is 3. The third-order valence-corrected chi connectivity index (χ3v) is 4.76. The van der Waals surface area contributed by atoms with Gasteiger partial charge < -0.3 is 21.5 Å². The molecule has 0 aromatic carbocycles. The molecule has 0 spiro atoms. The lowest BCUT2D eigenvalue weighted by Crippen LogP contribution is -2.51. The summed E-state index contributed by atoms with van der Waals surface area (Å²) in [6, 6.07) is -1.30. The molecule has 7 N–H and O–H groups in total. The van der Waals surface area contributed by atoms with Crippen molar-refractivity contribution < 1.29 is 19.5 Å². The second-order valence-electron chi connectivity index (χ2n) is 6.71. The zero-order valence-corrected chi connectivity index (χ0v) is 15.0. The fraction of sp³-hybridized carbons (Fsp3) is 0.500. The average Bonchev–Trinajstić information content (AvgIpc) is 3.09. The summed E-state index contributed by atoms with van der Waals surface area (Å²) in [7, 11) is 0. The van der Waals surface area contributed by atoms with Crippen LogP contribution >= 0.6 is 0 Å². The number of amides is 2. The Hall–Kier alpha value is -2.81. The highest BCUT2D eigenvalue weighted by Crippen LogP contribution is 2.26. The van der Waals surface area contributed by atoms with E-state index in [4.69, 9.17) is 16.6 Å². The zero-order valence-electron chi connectivity index (χ0n) is 15.0. The lowest BCUT2D eigenvalue weighted by Gasteiger charge is -2.23. The predicted molar refractivity (Wildman–Crippen MR) is 99.8 cm³/mol. The molecule has 2 amide bonds. The minimum absolute atomic E-state index is 0.00456. The number of carboxylic acid groups (broad SMARTS) is 1. The van der Waals surface area contributed by atoms with Gasteiger partial charge in [0.05, 0.1) is 17.3 Å². The quantitative estimate of drug-likeness (QED) is 0.330. The van der Waals surface area contributed by atoms with E-state index in [-0.39, 0.29) is 17.0 Å². The Morgan fingerprint density at radius 1 is 1.22 bits per heavy atom. The summed E-state index contributed by atoms with van der Waals surface area (Å²) in [6.07, 6.45) is 6.72. The van der Waals surface area contributed by atoms with Crippen molar-refractivity contribution in [3.63, 3.8) is 0 Å². The summed E-state index contributed by atoms with van der Waals surface area (Å²) in [6.45, 7) is 0.352. The maximum Gasteiger partial charge on any atom is 0.308 e. The first kappa shape index (κ1) is 20.5. The number of nitrogens with two attached hydrogens (primary N) is 1. The number of rotatable bonds is 8. The van der Waals surface area contributed by atoms with Gasteiger partial charge in [-0.3, -0.25) is 25.2 Å². The van der Waals surface area contributed by atoms with Gasteiger partial charge in [0.2, 0.25) is 5.91 Å². The molecule has 0 radical (unpaired) electrons. The molecule has 9 heteroatoms. The van der Waals surface area contributed by atoms with Gasteiger partial charge in [0.15, 0.2) is 0 Å². The first-order valence-corrected chi connectivity index (χ1v) is 8.95. The first-order valence-electron chi connectivity index (χ1n) is 8.95. The van der Waals surface area contributed by atoms with E-state index >= 15 is 0 Å². The van der Waals surface area contributed by atoms with E-state index in [0.29, 0.717) is 32.2 Å². The highest BCUT2D eigenvalue weighted by atomic mass is 16.4. The molecule has 3 unspecified atom stereocenters. The molecule has 0 aliphatic heterocycles. The monoisotopic (exact) mass is 375 g/mol. The van der Waals surface area contributed by atoms with Crippen molar-refractivity contribution in [1.82, 2.24) is 10.6 Å². The number of allylic oxidation sites excluding steroid dienone is 2. The van der Waals surface area contributed by atoms with E-state index in [2.05, 4.69) is 10.6 Å². The number of hydrogen-bond acceptors (Lipinski definition) is 6. The van der Waals surface area contributed by atoms with Gasteiger partial charge in [-0.05, 0) is 50.5 Å². The van der Waals surface area contributed by atoms with Gasteiger partial charge in [-0.15, -0.1) is 0 Å². The summed E-state index contributed by atoms with van der Waals surface area (Å²) in [4.78, 5) is 36.4. The van der Waals surface area contributed by atoms with Crippen LogP contribution in [0.3, 0.4) is 0 Å². The molecule has 146 valence electrons. The highest BCUT2D eigenvalue weighted by Gasteiger charge is 2.35. The summed E-state index contributed by atoms with van der Waals surface area (Å²) in [5.41, 5.74) is 5.62. The molecule has 2 rings (SSSR count). The normalized spacial score (nSPS) is 22.9. The molecule has 0 aromatic heterocycles. The van der Waals surface area contributed by atoms with Gasteiger partial charge in [-0.25, -0.2) is 0 Å². The molecule has 0 bridgehead atoms. The topological polar surface area (TPSA) is 169 Å². The van der Waals surface area contributed by atoms with Crippen LogP contribution < -0.4 is 16.4 Å². The predicted octanol–water partition coefficient (Wildman–Crippen LogP) is 0.115. The van der Waals surface area contributed by atoms with Gasteiger partial charge >= 0.3 is 5.97 Å². The van der Waals surface area contributed by atoms with E-state index in [0.717, 1.165) is 6.42 Å². The van der Waals surface area contributed by atoms with E-state index in [9.17, 15) is 19.5 Å². The van der Waals surface area contributed by atoms with E-state index in [1.165, 1.54) is 18.2 Å². The maximum atomic E-state index is 12.6. The van der Waals surface area contributed by atoms with Crippen molar-refractivity contribution in [3.8, 4) is 0 Å². The minimum atomic E-state index is -0.932. The average molecular weight is 375 g/mol. The van der Waals surface area contributed by atoms with Crippen molar-refractivity contribution in [2.75, 3.05) is 6.54 Å². The molecule has 9 nitrogen and oxygen atoms in total. The van der Waals surface area contributed by atoms with Crippen LogP contribution in [0, 0.1) is 16.7 Å². The Morgan fingerprint density at radius 2 is 1.96 bits per heavy atom. The zero-order chi connectivity index (χ0) is 20.0. The molecular formula is C18H25N5O4. The fourth-order valence-electron chi connectivity index (χ4n) is 3.23. The van der Waals surface area contributed by atoms with Crippen LogP contribution in [0.15, 0.2) is 23.8 Å². The third-order valence-electron chi connectivity index (χ3n) is 4.76. The summed E-state index contributed by atoms with van der Waals surface area (Å²) >= 11 is 0. The molecule has 0 aromatic rings. The van der Waals surface area contributed by atoms with E-state index in [1.54, 1.807) is 0 Å². The molecule has 2 aliphatic rings. The lowest BCUT2D eigenvalue weighted by molar-refractivity contribution is -0.142. The van der Waals surface area contributed by atoms with Crippen LogP contribution in [-0.4, -0.2) is 52.9 Å². The van der Waals surface area contributed by atoms with Crippen LogP contribution in [0.4, 0.5) is 0 Å². The maximum absolute atomic E-state index is 12.6. The number of nitrogens with one attached hydrogen (secondary N) is 4. The Labute approximate surface area is 157 Å². The van der Waals surface area contributed by atoms with Crippen molar-refractivity contribution in [2.24, 2.45) is 11.7 Å². The van der Waals surface area contributed by atoms with Gasteiger partial charge in [0, 0.05) is 11.6 Å². The Kier molecular flexibility index (Phi) is 7.00. The fourth-order valence-corrected chi connectivity index (χ4v) is 3.23. The largest absolute Gasteiger partial charge is 0.481 e. The third kappa shape index (κ3) is 5.33. The van der Waals surface area contributed by atoms with Gasteiger partial charge in [0.25, 0.3) is 5.91 Å². The number of carbonyl (C=O) groups excluding carboxylic acids is 2. The standard InChI is InChI=1S/C18H25N5O4/c19-8-2-5-15(17(25)22-14-4-1-3-11(14)18(26)27)23-16(24)10-6-7-12(20)13(21)9-10/h6-7,9,11,14-15,20-21H,1-5,8,19H2,(H,22,25)(H,23,24)(H,26,27). The Morgan fingerprint density at radius 3 is 2.59 bits per heavy atom.